The molecular weight excluding hydrogens is 250 g/mol. The summed E-state index contributed by atoms with van der Waals surface area (Å²) in [5, 5.41) is 6.09. The quantitative estimate of drug-likeness (QED) is 0.874. The van der Waals surface area contributed by atoms with Gasteiger partial charge in [-0.05, 0) is 43.2 Å². The van der Waals surface area contributed by atoms with Gasteiger partial charge in [0.25, 0.3) is 5.91 Å². The van der Waals surface area contributed by atoms with E-state index in [1.165, 1.54) is 0 Å². The van der Waals surface area contributed by atoms with Gasteiger partial charge in [-0.15, -0.1) is 0 Å². The van der Waals surface area contributed by atoms with E-state index in [1.54, 1.807) is 12.3 Å². The number of hydrogen-bond acceptors (Lipinski definition) is 3. The molecule has 2 aromatic rings. The van der Waals surface area contributed by atoms with Crippen LogP contribution in [0.25, 0.3) is 0 Å². The zero-order valence-corrected chi connectivity index (χ0v) is 11.8. The van der Waals surface area contributed by atoms with Gasteiger partial charge >= 0.3 is 0 Å². The van der Waals surface area contributed by atoms with Crippen LogP contribution >= 0.6 is 0 Å². The molecule has 0 saturated heterocycles. The Morgan fingerprint density at radius 2 is 2.10 bits per heavy atom. The van der Waals surface area contributed by atoms with E-state index in [2.05, 4.69) is 22.5 Å². The van der Waals surface area contributed by atoms with E-state index in [0.717, 1.165) is 24.2 Å². The number of carbonyl (C=O) groups excluding carboxylic acids is 1. The average Bonchev–Trinajstić information content (AvgIpc) is 2.46. The van der Waals surface area contributed by atoms with E-state index < -0.39 is 0 Å². The van der Waals surface area contributed by atoms with Gasteiger partial charge in [0, 0.05) is 18.4 Å². The summed E-state index contributed by atoms with van der Waals surface area (Å²) in [6.45, 7) is 4.95. The maximum atomic E-state index is 12.3. The van der Waals surface area contributed by atoms with Crippen molar-refractivity contribution in [1.29, 1.82) is 0 Å². The van der Waals surface area contributed by atoms with Crippen LogP contribution in [0.3, 0.4) is 0 Å². The SMILES string of the molecule is CCCNc1cc(C)ccc1C(=O)Nc1ccccn1. The van der Waals surface area contributed by atoms with Crippen molar-refractivity contribution in [1.82, 2.24) is 4.98 Å². The maximum Gasteiger partial charge on any atom is 0.258 e. The van der Waals surface area contributed by atoms with E-state index in [4.69, 9.17) is 0 Å². The number of amides is 1. The highest BCUT2D eigenvalue weighted by molar-refractivity contribution is 6.07. The Labute approximate surface area is 119 Å². The zero-order valence-electron chi connectivity index (χ0n) is 11.8. The van der Waals surface area contributed by atoms with Crippen LogP contribution in [-0.4, -0.2) is 17.4 Å². The molecule has 0 bridgehead atoms. The van der Waals surface area contributed by atoms with E-state index in [0.29, 0.717) is 11.4 Å². The van der Waals surface area contributed by atoms with Gasteiger partial charge in [-0.3, -0.25) is 4.79 Å². The van der Waals surface area contributed by atoms with Gasteiger partial charge in [0.2, 0.25) is 0 Å². The number of rotatable bonds is 5. The standard InChI is InChI=1S/C16H19N3O/c1-3-9-17-14-11-12(2)7-8-13(14)16(20)19-15-6-4-5-10-18-15/h4-8,10-11,17H,3,9H2,1-2H3,(H,18,19,20). The molecule has 0 aliphatic carbocycles. The predicted octanol–water partition coefficient (Wildman–Crippen LogP) is 3.46. The van der Waals surface area contributed by atoms with Crippen molar-refractivity contribution in [3.63, 3.8) is 0 Å². The third-order valence-electron chi connectivity index (χ3n) is 2.89. The molecule has 0 atom stereocenters. The molecular formula is C16H19N3O. The number of aryl methyl sites for hydroxylation is 1. The first kappa shape index (κ1) is 14.1. The molecule has 20 heavy (non-hydrogen) atoms. The Balaban J connectivity index is 2.20. The smallest absolute Gasteiger partial charge is 0.258 e. The molecule has 1 heterocycles. The third-order valence-corrected chi connectivity index (χ3v) is 2.89. The predicted molar refractivity (Wildman–Crippen MR) is 82.1 cm³/mol. The van der Waals surface area contributed by atoms with Crippen molar-refractivity contribution >= 4 is 17.4 Å². The van der Waals surface area contributed by atoms with Crippen LogP contribution in [0.5, 0.6) is 0 Å². The Kier molecular flexibility index (Phi) is 4.71. The van der Waals surface area contributed by atoms with Crippen molar-refractivity contribution in [3.8, 4) is 0 Å². The zero-order chi connectivity index (χ0) is 14.4. The van der Waals surface area contributed by atoms with Crippen molar-refractivity contribution < 1.29 is 4.79 Å². The molecule has 0 aliphatic heterocycles. The summed E-state index contributed by atoms with van der Waals surface area (Å²) in [7, 11) is 0. The van der Waals surface area contributed by atoms with E-state index in [9.17, 15) is 4.79 Å². The molecule has 2 rings (SSSR count). The van der Waals surface area contributed by atoms with Crippen LogP contribution in [0, 0.1) is 6.92 Å². The molecule has 0 aliphatic rings. The van der Waals surface area contributed by atoms with E-state index in [-0.39, 0.29) is 5.91 Å². The van der Waals surface area contributed by atoms with Gasteiger partial charge in [-0.1, -0.05) is 19.1 Å². The van der Waals surface area contributed by atoms with Gasteiger partial charge < -0.3 is 10.6 Å². The summed E-state index contributed by atoms with van der Waals surface area (Å²) in [4.78, 5) is 16.4. The van der Waals surface area contributed by atoms with Crippen molar-refractivity contribution in [2.45, 2.75) is 20.3 Å². The number of pyridine rings is 1. The summed E-state index contributed by atoms with van der Waals surface area (Å²) in [5.74, 6) is 0.404. The molecule has 4 heteroatoms. The van der Waals surface area contributed by atoms with Crippen LogP contribution < -0.4 is 10.6 Å². The van der Waals surface area contributed by atoms with Gasteiger partial charge in [0.05, 0.1) is 5.56 Å². The lowest BCUT2D eigenvalue weighted by molar-refractivity contribution is 0.102. The van der Waals surface area contributed by atoms with Crippen molar-refractivity contribution in [3.05, 3.63) is 53.7 Å². The lowest BCUT2D eigenvalue weighted by atomic mass is 10.1. The number of anilines is 2. The highest BCUT2D eigenvalue weighted by Gasteiger charge is 2.11. The second-order valence-corrected chi connectivity index (χ2v) is 4.64. The Hall–Kier alpha value is -2.36. The Morgan fingerprint density at radius 1 is 1.25 bits per heavy atom. The molecule has 0 fully saturated rings. The molecule has 0 saturated carbocycles. The first-order chi connectivity index (χ1) is 9.70. The van der Waals surface area contributed by atoms with E-state index in [1.807, 2.05) is 37.3 Å². The third kappa shape index (κ3) is 3.57. The second kappa shape index (κ2) is 6.70. The topological polar surface area (TPSA) is 54.0 Å². The molecule has 104 valence electrons. The highest BCUT2D eigenvalue weighted by atomic mass is 16.1. The lowest BCUT2D eigenvalue weighted by Gasteiger charge is -2.12. The van der Waals surface area contributed by atoms with Crippen LogP contribution in [0.4, 0.5) is 11.5 Å². The summed E-state index contributed by atoms with van der Waals surface area (Å²) in [6, 6.07) is 11.2. The monoisotopic (exact) mass is 269 g/mol. The fourth-order valence-corrected chi connectivity index (χ4v) is 1.88. The Morgan fingerprint density at radius 3 is 2.80 bits per heavy atom. The number of aromatic nitrogens is 1. The molecule has 0 spiro atoms. The molecule has 2 N–H and O–H groups in total. The van der Waals surface area contributed by atoms with Crippen molar-refractivity contribution in [2.75, 3.05) is 17.2 Å². The summed E-state index contributed by atoms with van der Waals surface area (Å²) in [5.41, 5.74) is 2.62. The maximum absolute atomic E-state index is 12.3. The number of carbonyl (C=O) groups is 1. The minimum atomic E-state index is -0.151. The normalized spacial score (nSPS) is 10.1. The molecule has 4 nitrogen and oxygen atoms in total. The van der Waals surface area contributed by atoms with Gasteiger partial charge in [-0.2, -0.15) is 0 Å². The van der Waals surface area contributed by atoms with Crippen LogP contribution in [-0.2, 0) is 0 Å². The molecule has 0 unspecified atom stereocenters. The molecule has 1 aromatic carbocycles. The molecule has 1 aromatic heterocycles. The number of nitrogens with one attached hydrogen (secondary N) is 2. The summed E-state index contributed by atoms with van der Waals surface area (Å²) >= 11 is 0. The Bertz CT molecular complexity index is 582. The highest BCUT2D eigenvalue weighted by Crippen LogP contribution is 2.19. The fraction of sp³-hybridized carbons (Fsp3) is 0.250. The van der Waals surface area contributed by atoms with Crippen LogP contribution in [0.1, 0.15) is 29.3 Å². The van der Waals surface area contributed by atoms with Gasteiger partial charge in [-0.25, -0.2) is 4.98 Å². The van der Waals surface area contributed by atoms with Crippen molar-refractivity contribution in [2.24, 2.45) is 0 Å². The van der Waals surface area contributed by atoms with Gasteiger partial charge in [0.15, 0.2) is 0 Å². The largest absolute Gasteiger partial charge is 0.384 e. The average molecular weight is 269 g/mol. The first-order valence-electron chi connectivity index (χ1n) is 6.77. The minimum Gasteiger partial charge on any atom is -0.384 e. The lowest BCUT2D eigenvalue weighted by Crippen LogP contribution is -2.16. The summed E-state index contributed by atoms with van der Waals surface area (Å²) in [6.07, 6.45) is 2.66. The van der Waals surface area contributed by atoms with Crippen LogP contribution in [0.15, 0.2) is 42.6 Å². The van der Waals surface area contributed by atoms with E-state index >= 15 is 0 Å². The van der Waals surface area contributed by atoms with Crippen LogP contribution in [0.2, 0.25) is 0 Å². The fourth-order valence-electron chi connectivity index (χ4n) is 1.88. The van der Waals surface area contributed by atoms with Gasteiger partial charge in [0.1, 0.15) is 5.82 Å². The molecule has 1 amide bonds. The molecule has 0 radical (unpaired) electrons. The number of benzene rings is 1. The first-order valence-corrected chi connectivity index (χ1v) is 6.77. The minimum absolute atomic E-state index is 0.151. The number of nitrogens with zero attached hydrogens (tertiary/aromatic N) is 1. The summed E-state index contributed by atoms with van der Waals surface area (Å²) < 4.78 is 0. The number of hydrogen-bond donors (Lipinski definition) is 2. The second-order valence-electron chi connectivity index (χ2n) is 4.64.